The molecule has 0 aromatic heterocycles. The molecule has 0 aliphatic carbocycles. The Morgan fingerprint density at radius 3 is 1.08 bits per heavy atom. The number of hydrogen-bond donors (Lipinski definition) is 0. The van der Waals surface area contributed by atoms with Gasteiger partial charge in [0.15, 0.2) is 11.6 Å². The average molecular weight is 505 g/mol. The van der Waals surface area contributed by atoms with E-state index in [1.165, 1.54) is 11.1 Å². The Hall–Kier alpha value is -3.86. The maximum atomic E-state index is 12.7. The van der Waals surface area contributed by atoms with E-state index < -0.39 is 0 Å². The minimum absolute atomic E-state index is 0.0704. The van der Waals surface area contributed by atoms with E-state index in [1.807, 2.05) is 84.9 Å². The highest BCUT2D eigenvalue weighted by Gasteiger charge is 2.37. The van der Waals surface area contributed by atoms with Crippen LogP contribution < -0.4 is 0 Å². The lowest BCUT2D eigenvalue weighted by Gasteiger charge is -2.46. The highest BCUT2D eigenvalue weighted by Crippen LogP contribution is 2.23. The lowest BCUT2D eigenvalue weighted by molar-refractivity contribution is -1.03. The topological polar surface area (TPSA) is 34.1 Å². The fourth-order valence-electron chi connectivity index (χ4n) is 5.42. The Bertz CT molecular complexity index is 1280. The lowest BCUT2D eigenvalue weighted by atomic mass is 10.0. The van der Waals surface area contributed by atoms with Crippen LogP contribution in [0.3, 0.4) is 0 Å². The largest absolute Gasteiger partial charge is 0.313 e. The summed E-state index contributed by atoms with van der Waals surface area (Å²) in [5.74, 6) is 0.141. The maximum absolute atomic E-state index is 12.7. The Balaban J connectivity index is 1.17. The molecule has 192 valence electrons. The van der Waals surface area contributed by atoms with Gasteiger partial charge in [0.1, 0.15) is 39.3 Å². The summed E-state index contributed by atoms with van der Waals surface area (Å²) >= 11 is 0. The molecule has 4 aromatic rings. The van der Waals surface area contributed by atoms with E-state index in [0.29, 0.717) is 0 Å². The van der Waals surface area contributed by atoms with Gasteiger partial charge in [-0.05, 0) is 0 Å². The van der Waals surface area contributed by atoms with Crippen molar-refractivity contribution in [2.45, 2.75) is 13.1 Å². The summed E-state index contributed by atoms with van der Waals surface area (Å²) in [7, 11) is 4.69. The minimum atomic E-state index is 0.0704. The SMILES string of the molecule is C[N+]1(Cc2ccc(C(=O)c3ccccc3)cc2)CC[N+](C)(Cc2ccc(C(=O)c3ccccc3)cc2)CC1. The first-order chi connectivity index (χ1) is 18.3. The van der Waals surface area contributed by atoms with Crippen LogP contribution in [-0.2, 0) is 13.1 Å². The third-order valence-corrected chi connectivity index (χ3v) is 7.99. The number of carbonyl (C=O) groups excluding carboxylic acids is 2. The van der Waals surface area contributed by atoms with Crippen LogP contribution in [0.2, 0.25) is 0 Å². The molecule has 38 heavy (non-hydrogen) atoms. The fourth-order valence-corrected chi connectivity index (χ4v) is 5.42. The average Bonchev–Trinajstić information content (AvgIpc) is 2.96. The van der Waals surface area contributed by atoms with Crippen molar-refractivity contribution in [2.24, 2.45) is 0 Å². The minimum Gasteiger partial charge on any atom is -0.313 e. The van der Waals surface area contributed by atoms with E-state index in [2.05, 4.69) is 38.4 Å². The summed E-state index contributed by atoms with van der Waals surface area (Å²) in [6.45, 7) is 6.35. The van der Waals surface area contributed by atoms with Gasteiger partial charge in [0.2, 0.25) is 0 Å². The van der Waals surface area contributed by atoms with E-state index in [9.17, 15) is 9.59 Å². The van der Waals surface area contributed by atoms with E-state index >= 15 is 0 Å². The van der Waals surface area contributed by atoms with Crippen molar-refractivity contribution in [3.8, 4) is 0 Å². The summed E-state index contributed by atoms with van der Waals surface area (Å²) in [6.07, 6.45) is 0. The normalized spacial score (nSPS) is 21.1. The number of nitrogens with zero attached hydrogens (tertiary/aromatic N) is 2. The van der Waals surface area contributed by atoms with E-state index in [-0.39, 0.29) is 11.6 Å². The standard InChI is InChI=1S/C34H36N2O2/c1-35(25-27-13-17-31(18-14-27)33(37)29-9-5-3-6-10-29)21-23-36(2,24-22-35)26-28-15-19-32(20-16-28)34(38)30-11-7-4-8-12-30/h3-20H,21-26H2,1-2H3/q+2. The number of likely N-dealkylation sites (N-methyl/N-ethyl adjacent to an activating group) is 2. The van der Waals surface area contributed by atoms with Crippen LogP contribution >= 0.6 is 0 Å². The van der Waals surface area contributed by atoms with Crippen molar-refractivity contribution < 1.29 is 18.6 Å². The van der Waals surface area contributed by atoms with Crippen molar-refractivity contribution in [3.05, 3.63) is 143 Å². The molecule has 0 N–H and O–H groups in total. The highest BCUT2D eigenvalue weighted by atomic mass is 16.1. The summed E-state index contributed by atoms with van der Waals surface area (Å²) in [5, 5.41) is 0. The molecule has 0 spiro atoms. The molecule has 0 unspecified atom stereocenters. The molecule has 4 aromatic carbocycles. The van der Waals surface area contributed by atoms with E-state index in [4.69, 9.17) is 0 Å². The molecule has 0 bridgehead atoms. The molecule has 1 aliphatic heterocycles. The Kier molecular flexibility index (Phi) is 7.37. The second-order valence-electron chi connectivity index (χ2n) is 11.2. The second kappa shape index (κ2) is 10.9. The first-order valence-electron chi connectivity index (χ1n) is 13.4. The van der Waals surface area contributed by atoms with Gasteiger partial charge in [-0.2, -0.15) is 0 Å². The van der Waals surface area contributed by atoms with Crippen molar-refractivity contribution in [2.75, 3.05) is 40.3 Å². The van der Waals surface area contributed by atoms with Crippen LogP contribution in [0, 0.1) is 0 Å². The Morgan fingerprint density at radius 2 is 0.763 bits per heavy atom. The number of benzene rings is 4. The van der Waals surface area contributed by atoms with Crippen LogP contribution in [0.15, 0.2) is 109 Å². The van der Waals surface area contributed by atoms with Gasteiger partial charge in [0.05, 0.1) is 14.1 Å². The number of hydrogen-bond acceptors (Lipinski definition) is 2. The molecule has 4 heteroatoms. The number of ketones is 2. The molecule has 1 aliphatic rings. The lowest BCUT2D eigenvalue weighted by Crippen LogP contribution is -2.63. The van der Waals surface area contributed by atoms with Crippen LogP contribution in [0.4, 0.5) is 0 Å². The quantitative estimate of drug-likeness (QED) is 0.226. The molecular weight excluding hydrogens is 468 g/mol. The van der Waals surface area contributed by atoms with Gasteiger partial charge in [0.25, 0.3) is 0 Å². The Morgan fingerprint density at radius 1 is 0.474 bits per heavy atom. The second-order valence-corrected chi connectivity index (χ2v) is 11.2. The van der Waals surface area contributed by atoms with Crippen molar-refractivity contribution in [1.82, 2.24) is 0 Å². The molecule has 0 saturated carbocycles. The third-order valence-electron chi connectivity index (χ3n) is 7.99. The number of piperazine rings is 1. The van der Waals surface area contributed by atoms with E-state index in [0.717, 1.165) is 70.5 Å². The summed E-state index contributed by atoms with van der Waals surface area (Å²) in [4.78, 5) is 25.5. The van der Waals surface area contributed by atoms with Gasteiger partial charge in [0, 0.05) is 33.4 Å². The molecule has 1 saturated heterocycles. The van der Waals surface area contributed by atoms with Gasteiger partial charge in [-0.25, -0.2) is 0 Å². The van der Waals surface area contributed by atoms with Gasteiger partial charge < -0.3 is 8.97 Å². The highest BCUT2D eigenvalue weighted by molar-refractivity contribution is 6.09. The number of quaternary nitrogens is 2. The number of rotatable bonds is 8. The van der Waals surface area contributed by atoms with Crippen molar-refractivity contribution in [3.63, 3.8) is 0 Å². The summed E-state index contributed by atoms with van der Waals surface area (Å²) in [5.41, 5.74) is 5.47. The predicted octanol–water partition coefficient (Wildman–Crippen LogP) is 5.76. The van der Waals surface area contributed by atoms with Gasteiger partial charge in [-0.3, -0.25) is 9.59 Å². The summed E-state index contributed by atoms with van der Waals surface area (Å²) < 4.78 is 2.01. The zero-order chi connectivity index (χ0) is 26.6. The molecule has 1 heterocycles. The monoisotopic (exact) mass is 504 g/mol. The predicted molar refractivity (Wildman–Crippen MR) is 152 cm³/mol. The molecule has 0 radical (unpaired) electrons. The van der Waals surface area contributed by atoms with Gasteiger partial charge in [-0.15, -0.1) is 0 Å². The molecule has 4 nitrogen and oxygen atoms in total. The molecule has 5 rings (SSSR count). The molecule has 1 fully saturated rings. The van der Waals surface area contributed by atoms with E-state index in [1.54, 1.807) is 0 Å². The number of carbonyl (C=O) groups is 2. The third kappa shape index (κ3) is 5.99. The smallest absolute Gasteiger partial charge is 0.193 e. The van der Waals surface area contributed by atoms with Gasteiger partial charge in [-0.1, -0.05) is 109 Å². The first kappa shape index (κ1) is 25.8. The zero-order valence-electron chi connectivity index (χ0n) is 22.3. The summed E-state index contributed by atoms with van der Waals surface area (Å²) in [6, 6.07) is 35.2. The maximum Gasteiger partial charge on any atom is 0.193 e. The van der Waals surface area contributed by atoms with Gasteiger partial charge >= 0.3 is 0 Å². The van der Waals surface area contributed by atoms with Crippen molar-refractivity contribution >= 4 is 11.6 Å². The van der Waals surface area contributed by atoms with Crippen molar-refractivity contribution in [1.29, 1.82) is 0 Å². The van der Waals surface area contributed by atoms with Crippen LogP contribution in [0.5, 0.6) is 0 Å². The van der Waals surface area contributed by atoms with Crippen LogP contribution in [-0.4, -0.2) is 60.8 Å². The molecular formula is C34H36N2O2+2. The zero-order valence-corrected chi connectivity index (χ0v) is 22.3. The Labute approximate surface area is 226 Å². The van der Waals surface area contributed by atoms with Crippen LogP contribution in [0.25, 0.3) is 0 Å². The van der Waals surface area contributed by atoms with Crippen LogP contribution in [0.1, 0.15) is 43.0 Å². The fraction of sp³-hybridized carbons (Fsp3) is 0.235. The molecule has 0 atom stereocenters. The first-order valence-corrected chi connectivity index (χ1v) is 13.4. The molecule has 0 amide bonds.